The minimum atomic E-state index is -0.249. The topological polar surface area (TPSA) is 55.8 Å². The lowest BCUT2D eigenvalue weighted by molar-refractivity contribution is -0.106. The van der Waals surface area contributed by atoms with Gasteiger partial charge in [0.2, 0.25) is 0 Å². The summed E-state index contributed by atoms with van der Waals surface area (Å²) in [6, 6.07) is 1.57. The molecule has 1 aromatic rings. The van der Waals surface area contributed by atoms with Gasteiger partial charge in [-0.05, 0) is 43.9 Å². The molecule has 0 aromatic heterocycles. The van der Waals surface area contributed by atoms with Crippen molar-refractivity contribution < 1.29 is 19.4 Å². The zero-order valence-corrected chi connectivity index (χ0v) is 10.7. The van der Waals surface area contributed by atoms with Crippen LogP contribution in [0.2, 0.25) is 0 Å². The number of carbonyl (C=O) groups is 1. The fourth-order valence-corrected chi connectivity index (χ4v) is 2.05. The summed E-state index contributed by atoms with van der Waals surface area (Å²) in [5.41, 5.74) is 1.77. The molecular weight excluding hydrogens is 232 g/mol. The first-order chi connectivity index (χ1) is 8.63. The number of phenols is 1. The Morgan fingerprint density at radius 3 is 2.78 bits per heavy atom. The van der Waals surface area contributed by atoms with Gasteiger partial charge in [0.05, 0.1) is 12.2 Å². The first-order valence-electron chi connectivity index (χ1n) is 6.20. The van der Waals surface area contributed by atoms with Gasteiger partial charge < -0.3 is 14.6 Å². The summed E-state index contributed by atoms with van der Waals surface area (Å²) in [6.45, 7) is 4.34. The van der Waals surface area contributed by atoms with E-state index in [0.29, 0.717) is 24.2 Å². The third-order valence-corrected chi connectivity index (χ3v) is 3.37. The van der Waals surface area contributed by atoms with Gasteiger partial charge in [0, 0.05) is 6.42 Å². The fourth-order valence-electron chi connectivity index (χ4n) is 2.05. The molecule has 1 fully saturated rings. The van der Waals surface area contributed by atoms with E-state index in [1.165, 1.54) is 0 Å². The average molecular weight is 250 g/mol. The van der Waals surface area contributed by atoms with Gasteiger partial charge in [-0.25, -0.2) is 0 Å². The van der Waals surface area contributed by atoms with E-state index in [1.807, 2.05) is 6.92 Å². The number of benzene rings is 1. The van der Waals surface area contributed by atoms with Crippen LogP contribution >= 0.6 is 0 Å². The van der Waals surface area contributed by atoms with Gasteiger partial charge in [0.1, 0.15) is 11.5 Å². The number of phenolic OH excluding ortho intramolecular Hbond substituents is 1. The molecule has 4 heteroatoms. The van der Waals surface area contributed by atoms with Gasteiger partial charge in [0.15, 0.2) is 12.6 Å². The molecule has 0 radical (unpaired) electrons. The highest BCUT2D eigenvalue weighted by molar-refractivity contribution is 5.81. The van der Waals surface area contributed by atoms with Crippen molar-refractivity contribution in [1.82, 2.24) is 0 Å². The number of rotatable bonds is 3. The van der Waals surface area contributed by atoms with Crippen LogP contribution in [-0.4, -0.2) is 24.3 Å². The SMILES string of the molecule is Cc1c(OC2CCCCO2)cc(C=O)c(O)c1C. The number of hydrogen-bond donors (Lipinski definition) is 1. The van der Waals surface area contributed by atoms with E-state index < -0.39 is 0 Å². The number of aromatic hydroxyl groups is 1. The quantitative estimate of drug-likeness (QED) is 0.838. The number of hydrogen-bond acceptors (Lipinski definition) is 4. The van der Waals surface area contributed by atoms with Crippen molar-refractivity contribution in [3.8, 4) is 11.5 Å². The van der Waals surface area contributed by atoms with Crippen LogP contribution in [0.3, 0.4) is 0 Å². The molecule has 0 amide bonds. The fraction of sp³-hybridized carbons (Fsp3) is 0.500. The molecular formula is C14H18O4. The molecule has 0 spiro atoms. The Morgan fingerprint density at radius 1 is 1.39 bits per heavy atom. The Hall–Kier alpha value is -1.55. The lowest BCUT2D eigenvalue weighted by atomic mass is 10.0. The Labute approximate surface area is 107 Å². The molecule has 1 aliphatic heterocycles. The minimum absolute atomic E-state index is 0.0272. The van der Waals surface area contributed by atoms with Crippen molar-refractivity contribution in [3.05, 3.63) is 22.8 Å². The molecule has 0 bridgehead atoms. The van der Waals surface area contributed by atoms with Gasteiger partial charge >= 0.3 is 0 Å². The van der Waals surface area contributed by atoms with Crippen LogP contribution < -0.4 is 4.74 Å². The summed E-state index contributed by atoms with van der Waals surface area (Å²) in [5, 5.41) is 9.79. The van der Waals surface area contributed by atoms with Gasteiger partial charge in [-0.3, -0.25) is 4.79 Å². The molecule has 1 N–H and O–H groups in total. The van der Waals surface area contributed by atoms with Crippen LogP contribution in [0.1, 0.15) is 40.7 Å². The lowest BCUT2D eigenvalue weighted by Crippen LogP contribution is -2.25. The summed E-state index contributed by atoms with van der Waals surface area (Å²) in [6.07, 6.45) is 3.39. The summed E-state index contributed by atoms with van der Waals surface area (Å²) >= 11 is 0. The summed E-state index contributed by atoms with van der Waals surface area (Å²) in [4.78, 5) is 10.9. The third-order valence-electron chi connectivity index (χ3n) is 3.37. The van der Waals surface area contributed by atoms with Crippen molar-refractivity contribution in [2.45, 2.75) is 39.4 Å². The highest BCUT2D eigenvalue weighted by atomic mass is 16.7. The van der Waals surface area contributed by atoms with Gasteiger partial charge in [-0.1, -0.05) is 0 Å². The Kier molecular flexibility index (Phi) is 3.87. The Balaban J connectivity index is 2.26. The highest BCUT2D eigenvalue weighted by Crippen LogP contribution is 2.33. The minimum Gasteiger partial charge on any atom is -0.507 e. The van der Waals surface area contributed by atoms with E-state index in [4.69, 9.17) is 9.47 Å². The second-order valence-corrected chi connectivity index (χ2v) is 4.59. The number of ether oxygens (including phenoxy) is 2. The van der Waals surface area contributed by atoms with Crippen molar-refractivity contribution >= 4 is 6.29 Å². The molecule has 0 aliphatic carbocycles. The molecule has 2 rings (SSSR count). The molecule has 1 aliphatic rings. The van der Waals surface area contributed by atoms with Crippen molar-refractivity contribution in [3.63, 3.8) is 0 Å². The zero-order valence-electron chi connectivity index (χ0n) is 10.7. The summed E-state index contributed by atoms with van der Waals surface area (Å²) in [7, 11) is 0. The van der Waals surface area contributed by atoms with Crippen molar-refractivity contribution in [1.29, 1.82) is 0 Å². The standard InChI is InChI=1S/C14H18O4/c1-9-10(2)14(16)11(8-15)7-12(9)18-13-5-3-4-6-17-13/h7-8,13,16H,3-6H2,1-2H3. The molecule has 0 saturated carbocycles. The molecule has 18 heavy (non-hydrogen) atoms. The summed E-state index contributed by atoms with van der Waals surface area (Å²) in [5.74, 6) is 0.638. The number of aldehydes is 1. The highest BCUT2D eigenvalue weighted by Gasteiger charge is 2.19. The van der Waals surface area contributed by atoms with E-state index in [0.717, 1.165) is 24.8 Å². The second-order valence-electron chi connectivity index (χ2n) is 4.59. The van der Waals surface area contributed by atoms with E-state index >= 15 is 0 Å². The second kappa shape index (κ2) is 5.40. The summed E-state index contributed by atoms with van der Waals surface area (Å²) < 4.78 is 11.3. The molecule has 1 atom stereocenters. The van der Waals surface area contributed by atoms with E-state index in [9.17, 15) is 9.90 Å². The maximum atomic E-state index is 10.9. The maximum absolute atomic E-state index is 10.9. The third kappa shape index (κ3) is 2.48. The zero-order chi connectivity index (χ0) is 13.1. The van der Waals surface area contributed by atoms with Crippen LogP contribution in [0.15, 0.2) is 6.07 Å². The largest absolute Gasteiger partial charge is 0.507 e. The van der Waals surface area contributed by atoms with Crippen LogP contribution in [0.4, 0.5) is 0 Å². The maximum Gasteiger partial charge on any atom is 0.199 e. The average Bonchev–Trinajstić information content (AvgIpc) is 2.40. The normalized spacial score (nSPS) is 19.6. The van der Waals surface area contributed by atoms with Crippen LogP contribution in [0, 0.1) is 13.8 Å². The van der Waals surface area contributed by atoms with Crippen LogP contribution in [0.25, 0.3) is 0 Å². The first kappa shape index (κ1) is 12.9. The Bertz CT molecular complexity index is 448. The molecule has 1 saturated heterocycles. The monoisotopic (exact) mass is 250 g/mol. The molecule has 1 unspecified atom stereocenters. The lowest BCUT2D eigenvalue weighted by Gasteiger charge is -2.25. The molecule has 1 aromatic carbocycles. The molecule has 4 nitrogen and oxygen atoms in total. The van der Waals surface area contributed by atoms with Gasteiger partial charge in [0.25, 0.3) is 0 Å². The smallest absolute Gasteiger partial charge is 0.199 e. The van der Waals surface area contributed by atoms with E-state index in [2.05, 4.69) is 0 Å². The molecule has 98 valence electrons. The van der Waals surface area contributed by atoms with E-state index in [-0.39, 0.29) is 17.6 Å². The Morgan fingerprint density at radius 2 is 2.17 bits per heavy atom. The van der Waals surface area contributed by atoms with Gasteiger partial charge in [-0.2, -0.15) is 0 Å². The predicted octanol–water partition coefficient (Wildman–Crippen LogP) is 2.73. The van der Waals surface area contributed by atoms with Crippen molar-refractivity contribution in [2.24, 2.45) is 0 Å². The predicted molar refractivity (Wildman–Crippen MR) is 67.2 cm³/mol. The number of carbonyl (C=O) groups excluding carboxylic acids is 1. The van der Waals surface area contributed by atoms with Crippen LogP contribution in [0.5, 0.6) is 11.5 Å². The van der Waals surface area contributed by atoms with Crippen LogP contribution in [-0.2, 0) is 4.74 Å². The van der Waals surface area contributed by atoms with E-state index in [1.54, 1.807) is 13.0 Å². The van der Waals surface area contributed by atoms with Crippen molar-refractivity contribution in [2.75, 3.05) is 6.61 Å². The molecule has 1 heterocycles. The first-order valence-corrected chi connectivity index (χ1v) is 6.20. The van der Waals surface area contributed by atoms with Gasteiger partial charge in [-0.15, -0.1) is 0 Å².